The second kappa shape index (κ2) is 9.97. The van der Waals surface area contributed by atoms with E-state index >= 15 is 0 Å². The number of rotatable bonds is 7. The van der Waals surface area contributed by atoms with Crippen LogP contribution in [0.25, 0.3) is 23.1 Å². The maximum Gasteiger partial charge on any atom is 0.0843 e. The fourth-order valence-corrected chi connectivity index (χ4v) is 4.53. The lowest BCUT2D eigenvalue weighted by Gasteiger charge is -2.21. The largest absolute Gasteiger partial charge is 0.386 e. The van der Waals surface area contributed by atoms with Crippen LogP contribution in [0.4, 0.5) is 0 Å². The van der Waals surface area contributed by atoms with Crippen molar-refractivity contribution in [3.05, 3.63) is 110 Å². The van der Waals surface area contributed by atoms with Crippen molar-refractivity contribution in [3.63, 3.8) is 0 Å². The van der Waals surface area contributed by atoms with Gasteiger partial charge >= 0.3 is 0 Å². The number of nitrogens with zero attached hydrogens (tertiary/aromatic N) is 1. The lowest BCUT2D eigenvalue weighted by molar-refractivity contribution is 0.0776. The lowest BCUT2D eigenvalue weighted by Crippen LogP contribution is -2.18. The van der Waals surface area contributed by atoms with Gasteiger partial charge in [0.05, 0.1) is 16.8 Å². The summed E-state index contributed by atoms with van der Waals surface area (Å²) in [6, 6.07) is 27.4. The molecule has 0 aliphatic rings. The normalized spacial score (nSPS) is 12.0. The topological polar surface area (TPSA) is 33.1 Å². The van der Waals surface area contributed by atoms with Crippen LogP contribution < -0.4 is 0 Å². The molecule has 0 atom stereocenters. The van der Waals surface area contributed by atoms with Gasteiger partial charge in [0, 0.05) is 8.96 Å². The summed E-state index contributed by atoms with van der Waals surface area (Å²) in [5.41, 5.74) is 5.95. The Labute approximate surface area is 204 Å². The molecule has 2 nitrogen and oxygen atoms in total. The van der Waals surface area contributed by atoms with Crippen LogP contribution in [0.1, 0.15) is 48.2 Å². The Balaban J connectivity index is 1.42. The second-order valence-corrected chi connectivity index (χ2v) is 9.97. The van der Waals surface area contributed by atoms with Gasteiger partial charge in [-0.1, -0.05) is 66.7 Å². The highest BCUT2D eigenvalue weighted by Crippen LogP contribution is 2.25. The number of hydrogen-bond acceptors (Lipinski definition) is 2. The van der Waals surface area contributed by atoms with E-state index in [-0.39, 0.29) is 0 Å². The SMILES string of the molecule is CC(C)(O)c1ccccc1CCCc1cccc(/C=C/c2ccc3ccc(I)cc3n2)c1. The van der Waals surface area contributed by atoms with Crippen LogP contribution in [0.5, 0.6) is 0 Å². The van der Waals surface area contributed by atoms with Crippen molar-refractivity contribution in [1.82, 2.24) is 4.98 Å². The van der Waals surface area contributed by atoms with E-state index in [1.54, 1.807) is 0 Å². The molecule has 3 aromatic carbocycles. The van der Waals surface area contributed by atoms with Gasteiger partial charge in [-0.3, -0.25) is 0 Å². The first-order valence-electron chi connectivity index (χ1n) is 11.0. The number of halogens is 1. The average molecular weight is 533 g/mol. The molecule has 0 radical (unpaired) electrons. The van der Waals surface area contributed by atoms with Gasteiger partial charge in [0.2, 0.25) is 0 Å². The van der Waals surface area contributed by atoms with Gasteiger partial charge in [0.25, 0.3) is 0 Å². The molecule has 0 aliphatic heterocycles. The molecule has 1 aromatic heterocycles. The molecule has 162 valence electrons. The van der Waals surface area contributed by atoms with Crippen molar-refractivity contribution < 1.29 is 5.11 Å². The Kier molecular flexibility index (Phi) is 7.07. The van der Waals surface area contributed by atoms with E-state index in [1.165, 1.54) is 20.3 Å². The molecule has 32 heavy (non-hydrogen) atoms. The van der Waals surface area contributed by atoms with E-state index in [1.807, 2.05) is 26.0 Å². The minimum Gasteiger partial charge on any atom is -0.386 e. The summed E-state index contributed by atoms with van der Waals surface area (Å²) in [5.74, 6) is 0. The summed E-state index contributed by atoms with van der Waals surface area (Å²) in [7, 11) is 0. The van der Waals surface area contributed by atoms with Crippen LogP contribution in [-0.2, 0) is 18.4 Å². The fraction of sp³-hybridized carbons (Fsp3) is 0.207. The predicted molar refractivity (Wildman–Crippen MR) is 144 cm³/mol. The Morgan fingerprint density at radius 3 is 2.53 bits per heavy atom. The molecule has 1 N–H and O–H groups in total. The molecule has 0 amide bonds. The zero-order chi connectivity index (χ0) is 22.6. The maximum absolute atomic E-state index is 10.4. The van der Waals surface area contributed by atoms with Gasteiger partial charge in [-0.05, 0) is 102 Å². The molecular formula is C29H28INO. The van der Waals surface area contributed by atoms with Crippen molar-refractivity contribution in [3.8, 4) is 0 Å². The molecule has 1 heterocycles. The molecule has 0 spiro atoms. The molecule has 4 rings (SSSR count). The smallest absolute Gasteiger partial charge is 0.0843 e. The molecule has 0 saturated heterocycles. The first-order chi connectivity index (χ1) is 15.4. The van der Waals surface area contributed by atoms with Gasteiger partial charge in [0.15, 0.2) is 0 Å². The second-order valence-electron chi connectivity index (χ2n) is 8.72. The first kappa shape index (κ1) is 22.7. The van der Waals surface area contributed by atoms with Crippen LogP contribution in [-0.4, -0.2) is 10.1 Å². The Bertz CT molecular complexity index is 1250. The number of fused-ring (bicyclic) bond motifs is 1. The van der Waals surface area contributed by atoms with Crippen LogP contribution >= 0.6 is 22.6 Å². The molecule has 0 fully saturated rings. The van der Waals surface area contributed by atoms with Gasteiger partial charge in [-0.25, -0.2) is 4.98 Å². The lowest BCUT2D eigenvalue weighted by atomic mass is 9.90. The third-order valence-corrected chi connectivity index (χ3v) is 6.33. The zero-order valence-corrected chi connectivity index (χ0v) is 20.7. The Morgan fingerprint density at radius 2 is 1.69 bits per heavy atom. The predicted octanol–water partition coefficient (Wildman–Crippen LogP) is 7.41. The van der Waals surface area contributed by atoms with Crippen molar-refractivity contribution in [2.24, 2.45) is 0 Å². The summed E-state index contributed by atoms with van der Waals surface area (Å²) in [6.07, 6.45) is 7.23. The number of benzene rings is 3. The standard InChI is InChI=1S/C29H28INO/c1-29(2,32)27-12-4-3-10-23(27)11-6-9-21-7-5-8-22(19-21)13-17-26-18-15-24-14-16-25(30)20-28(24)31-26/h3-5,7-8,10,12-20,32H,6,9,11H2,1-2H3/b17-13+. The third-order valence-electron chi connectivity index (χ3n) is 5.66. The summed E-state index contributed by atoms with van der Waals surface area (Å²) in [4.78, 5) is 4.77. The van der Waals surface area contributed by atoms with Gasteiger partial charge < -0.3 is 5.11 Å². The highest BCUT2D eigenvalue weighted by atomic mass is 127. The number of hydrogen-bond donors (Lipinski definition) is 1. The molecule has 3 heteroatoms. The first-order valence-corrected chi connectivity index (χ1v) is 12.1. The third kappa shape index (κ3) is 5.84. The minimum atomic E-state index is -0.809. The van der Waals surface area contributed by atoms with Crippen LogP contribution in [0.15, 0.2) is 78.9 Å². The van der Waals surface area contributed by atoms with Crippen molar-refractivity contribution in [2.45, 2.75) is 38.7 Å². The van der Waals surface area contributed by atoms with E-state index in [0.29, 0.717) is 0 Å². The molecule has 0 unspecified atom stereocenters. The van der Waals surface area contributed by atoms with E-state index < -0.39 is 5.60 Å². The van der Waals surface area contributed by atoms with Crippen molar-refractivity contribution in [1.29, 1.82) is 0 Å². The van der Waals surface area contributed by atoms with E-state index in [4.69, 9.17) is 4.98 Å². The summed E-state index contributed by atoms with van der Waals surface area (Å²) in [6.45, 7) is 3.71. The number of aliphatic hydroxyl groups is 1. The summed E-state index contributed by atoms with van der Waals surface area (Å²) in [5, 5.41) is 11.6. The monoisotopic (exact) mass is 533 g/mol. The molecular weight excluding hydrogens is 505 g/mol. The van der Waals surface area contributed by atoms with Crippen LogP contribution in [0.3, 0.4) is 0 Å². The molecule has 0 saturated carbocycles. The highest BCUT2D eigenvalue weighted by Gasteiger charge is 2.18. The van der Waals surface area contributed by atoms with Crippen molar-refractivity contribution in [2.75, 3.05) is 0 Å². The van der Waals surface area contributed by atoms with E-state index in [9.17, 15) is 5.11 Å². The number of aryl methyl sites for hydroxylation is 2. The average Bonchev–Trinajstić information content (AvgIpc) is 2.77. The Morgan fingerprint density at radius 1 is 0.875 bits per heavy atom. The maximum atomic E-state index is 10.4. The fourth-order valence-electron chi connectivity index (χ4n) is 4.05. The van der Waals surface area contributed by atoms with Gasteiger partial charge in [0.1, 0.15) is 0 Å². The number of aromatic nitrogens is 1. The quantitative estimate of drug-likeness (QED) is 0.251. The molecule has 4 aromatic rings. The van der Waals surface area contributed by atoms with Crippen LogP contribution in [0, 0.1) is 3.57 Å². The van der Waals surface area contributed by atoms with Gasteiger partial charge in [-0.15, -0.1) is 0 Å². The van der Waals surface area contributed by atoms with E-state index in [0.717, 1.165) is 41.4 Å². The zero-order valence-electron chi connectivity index (χ0n) is 18.6. The summed E-state index contributed by atoms with van der Waals surface area (Å²) < 4.78 is 1.20. The Hall–Kier alpha value is -2.50. The minimum absolute atomic E-state index is 0.809. The van der Waals surface area contributed by atoms with E-state index in [2.05, 4.69) is 101 Å². The van der Waals surface area contributed by atoms with Crippen molar-refractivity contribution >= 4 is 45.6 Å². The summed E-state index contributed by atoms with van der Waals surface area (Å²) >= 11 is 2.32. The van der Waals surface area contributed by atoms with Gasteiger partial charge in [-0.2, -0.15) is 0 Å². The number of pyridine rings is 1. The molecule has 0 bridgehead atoms. The van der Waals surface area contributed by atoms with Crippen LogP contribution in [0.2, 0.25) is 0 Å². The molecule has 0 aliphatic carbocycles. The highest BCUT2D eigenvalue weighted by molar-refractivity contribution is 14.1.